The molecule has 3 aromatic rings. The Balaban J connectivity index is 1.86. The number of halogens is 2. The molecule has 0 atom stereocenters. The van der Waals surface area contributed by atoms with Gasteiger partial charge in [0.05, 0.1) is 37.8 Å². The number of sulfonamides is 1. The van der Waals surface area contributed by atoms with Gasteiger partial charge in [0.15, 0.2) is 0 Å². The molecule has 0 radical (unpaired) electrons. The van der Waals surface area contributed by atoms with Gasteiger partial charge in [-0.1, -0.05) is 53.0 Å². The van der Waals surface area contributed by atoms with Gasteiger partial charge in [0.1, 0.15) is 11.5 Å². The van der Waals surface area contributed by atoms with Gasteiger partial charge in [0, 0.05) is 16.6 Å². The Morgan fingerprint density at radius 2 is 1.60 bits per heavy atom. The van der Waals surface area contributed by atoms with E-state index >= 15 is 0 Å². The standard InChI is InChI=1S/C25H26Cl2N2O5S/c1-17-7-11-20(12-8-17)35(31,32)29(15-18-9-10-19(26)13-22(18)27)16-25(30)28-14-21-23(33-2)5-4-6-24(21)34-3/h4-13H,14-16H2,1-3H3,(H,28,30). The molecule has 186 valence electrons. The van der Waals surface area contributed by atoms with Gasteiger partial charge in [-0.2, -0.15) is 4.31 Å². The van der Waals surface area contributed by atoms with E-state index < -0.39 is 22.5 Å². The molecule has 0 aliphatic heterocycles. The Labute approximate surface area is 215 Å². The van der Waals surface area contributed by atoms with Crippen molar-refractivity contribution in [1.82, 2.24) is 9.62 Å². The number of aryl methyl sites for hydroxylation is 1. The van der Waals surface area contributed by atoms with E-state index in [2.05, 4.69) is 5.32 Å². The number of carbonyl (C=O) groups excluding carboxylic acids is 1. The molecule has 0 spiro atoms. The first-order valence-corrected chi connectivity index (χ1v) is 12.8. The van der Waals surface area contributed by atoms with Gasteiger partial charge >= 0.3 is 0 Å². The van der Waals surface area contributed by atoms with Gasteiger partial charge in [-0.05, 0) is 48.9 Å². The van der Waals surface area contributed by atoms with Crippen LogP contribution < -0.4 is 14.8 Å². The average Bonchev–Trinajstić information content (AvgIpc) is 2.83. The molecule has 0 fully saturated rings. The third-order valence-corrected chi connectivity index (χ3v) is 7.73. The maximum Gasteiger partial charge on any atom is 0.243 e. The minimum Gasteiger partial charge on any atom is -0.496 e. The van der Waals surface area contributed by atoms with Crippen molar-refractivity contribution in [1.29, 1.82) is 0 Å². The zero-order valence-corrected chi connectivity index (χ0v) is 21.9. The molecule has 35 heavy (non-hydrogen) atoms. The number of carbonyl (C=O) groups is 1. The van der Waals surface area contributed by atoms with Crippen LogP contribution in [0.2, 0.25) is 10.0 Å². The van der Waals surface area contributed by atoms with Crippen molar-refractivity contribution in [2.45, 2.75) is 24.9 Å². The van der Waals surface area contributed by atoms with Crippen LogP contribution in [0.3, 0.4) is 0 Å². The third kappa shape index (κ3) is 6.67. The highest BCUT2D eigenvalue weighted by atomic mass is 35.5. The van der Waals surface area contributed by atoms with E-state index in [4.69, 9.17) is 32.7 Å². The molecule has 1 N–H and O–H groups in total. The summed E-state index contributed by atoms with van der Waals surface area (Å²) in [5, 5.41) is 3.49. The first-order chi connectivity index (χ1) is 16.6. The fourth-order valence-electron chi connectivity index (χ4n) is 3.43. The van der Waals surface area contributed by atoms with E-state index in [0.717, 1.165) is 9.87 Å². The summed E-state index contributed by atoms with van der Waals surface area (Å²) in [4.78, 5) is 13.0. The maximum absolute atomic E-state index is 13.5. The van der Waals surface area contributed by atoms with Crippen molar-refractivity contribution in [3.05, 3.63) is 87.4 Å². The lowest BCUT2D eigenvalue weighted by atomic mass is 10.1. The number of ether oxygens (including phenoxy) is 2. The minimum atomic E-state index is -4.02. The fourth-order valence-corrected chi connectivity index (χ4v) is 5.27. The van der Waals surface area contributed by atoms with Crippen LogP contribution >= 0.6 is 23.2 Å². The van der Waals surface area contributed by atoms with Gasteiger partial charge in [-0.3, -0.25) is 4.79 Å². The van der Waals surface area contributed by atoms with Crippen LogP contribution in [-0.4, -0.2) is 39.4 Å². The Morgan fingerprint density at radius 1 is 0.971 bits per heavy atom. The van der Waals surface area contributed by atoms with Gasteiger partial charge in [-0.15, -0.1) is 0 Å². The third-order valence-electron chi connectivity index (χ3n) is 5.33. The lowest BCUT2D eigenvalue weighted by molar-refractivity contribution is -0.121. The molecular weight excluding hydrogens is 511 g/mol. The van der Waals surface area contributed by atoms with Crippen LogP contribution in [0, 0.1) is 6.92 Å². The predicted molar refractivity (Wildman–Crippen MR) is 137 cm³/mol. The maximum atomic E-state index is 13.5. The monoisotopic (exact) mass is 536 g/mol. The molecule has 0 aliphatic carbocycles. The molecule has 10 heteroatoms. The molecule has 0 saturated heterocycles. The van der Waals surface area contributed by atoms with Crippen molar-refractivity contribution in [3.8, 4) is 11.5 Å². The van der Waals surface area contributed by atoms with Gasteiger partial charge in [-0.25, -0.2) is 8.42 Å². The molecule has 0 saturated carbocycles. The summed E-state index contributed by atoms with van der Waals surface area (Å²) in [7, 11) is -0.976. The number of hydrogen-bond acceptors (Lipinski definition) is 5. The number of hydrogen-bond donors (Lipinski definition) is 1. The van der Waals surface area contributed by atoms with Crippen molar-refractivity contribution in [2.75, 3.05) is 20.8 Å². The largest absolute Gasteiger partial charge is 0.496 e. The van der Waals surface area contributed by atoms with E-state index in [1.807, 2.05) is 6.92 Å². The zero-order chi connectivity index (χ0) is 25.6. The summed E-state index contributed by atoms with van der Waals surface area (Å²) in [5.74, 6) is 0.585. The lowest BCUT2D eigenvalue weighted by Gasteiger charge is -2.23. The molecule has 0 aliphatic rings. The number of benzene rings is 3. The Bertz CT molecular complexity index is 1280. The number of amides is 1. The first-order valence-electron chi connectivity index (χ1n) is 10.6. The van der Waals surface area contributed by atoms with Gasteiger partial charge in [0.2, 0.25) is 15.9 Å². The highest BCUT2D eigenvalue weighted by molar-refractivity contribution is 7.89. The van der Waals surface area contributed by atoms with Crippen LogP contribution in [0.4, 0.5) is 0 Å². The van der Waals surface area contributed by atoms with Crippen LogP contribution in [-0.2, 0) is 27.9 Å². The van der Waals surface area contributed by atoms with Crippen molar-refractivity contribution < 1.29 is 22.7 Å². The van der Waals surface area contributed by atoms with E-state index in [0.29, 0.717) is 32.7 Å². The molecule has 0 heterocycles. The second-order valence-electron chi connectivity index (χ2n) is 7.74. The van der Waals surface area contributed by atoms with E-state index in [1.165, 1.54) is 32.4 Å². The Hall–Kier alpha value is -2.78. The lowest BCUT2D eigenvalue weighted by Crippen LogP contribution is -2.40. The van der Waals surface area contributed by atoms with Crippen molar-refractivity contribution >= 4 is 39.1 Å². The Morgan fingerprint density at radius 3 is 2.17 bits per heavy atom. The molecule has 0 unspecified atom stereocenters. The van der Waals surface area contributed by atoms with Crippen LogP contribution in [0.1, 0.15) is 16.7 Å². The SMILES string of the molecule is COc1cccc(OC)c1CNC(=O)CN(Cc1ccc(Cl)cc1Cl)S(=O)(=O)c1ccc(C)cc1. The topological polar surface area (TPSA) is 84.9 Å². The second kappa shape index (κ2) is 11.8. The first kappa shape index (κ1) is 26.8. The second-order valence-corrected chi connectivity index (χ2v) is 10.5. The summed E-state index contributed by atoms with van der Waals surface area (Å²) in [6.45, 7) is 1.41. The van der Waals surface area contributed by atoms with E-state index in [-0.39, 0.29) is 18.0 Å². The summed E-state index contributed by atoms with van der Waals surface area (Å²) in [5.41, 5.74) is 2.07. The molecule has 3 rings (SSSR count). The molecule has 0 bridgehead atoms. The summed E-state index contributed by atoms with van der Waals surface area (Å²) < 4.78 is 38.8. The van der Waals surface area contributed by atoms with Crippen LogP contribution in [0.15, 0.2) is 65.6 Å². The smallest absolute Gasteiger partial charge is 0.243 e. The molecule has 0 aromatic heterocycles. The Kier molecular flexibility index (Phi) is 9.02. The quantitative estimate of drug-likeness (QED) is 0.401. The number of rotatable bonds is 10. The number of nitrogens with zero attached hydrogens (tertiary/aromatic N) is 1. The fraction of sp³-hybridized carbons (Fsp3) is 0.240. The number of nitrogens with one attached hydrogen (secondary N) is 1. The van der Waals surface area contributed by atoms with Gasteiger partial charge in [0.25, 0.3) is 0 Å². The minimum absolute atomic E-state index is 0.0763. The van der Waals surface area contributed by atoms with Crippen molar-refractivity contribution in [2.24, 2.45) is 0 Å². The van der Waals surface area contributed by atoms with E-state index in [1.54, 1.807) is 42.5 Å². The molecular formula is C25H26Cl2N2O5S. The number of methoxy groups -OCH3 is 2. The highest BCUT2D eigenvalue weighted by Gasteiger charge is 2.28. The predicted octanol–water partition coefficient (Wildman–Crippen LogP) is 4.83. The summed E-state index contributed by atoms with van der Waals surface area (Å²) >= 11 is 12.3. The highest BCUT2D eigenvalue weighted by Crippen LogP contribution is 2.28. The molecule has 3 aromatic carbocycles. The van der Waals surface area contributed by atoms with E-state index in [9.17, 15) is 13.2 Å². The normalized spacial score (nSPS) is 11.4. The zero-order valence-electron chi connectivity index (χ0n) is 19.5. The van der Waals surface area contributed by atoms with Gasteiger partial charge < -0.3 is 14.8 Å². The molecule has 7 nitrogen and oxygen atoms in total. The van der Waals surface area contributed by atoms with Crippen LogP contribution in [0.5, 0.6) is 11.5 Å². The molecule has 1 amide bonds. The average molecular weight is 537 g/mol. The summed E-state index contributed by atoms with van der Waals surface area (Å²) in [6.07, 6.45) is 0. The summed E-state index contributed by atoms with van der Waals surface area (Å²) in [6, 6.07) is 16.5. The van der Waals surface area contributed by atoms with Crippen molar-refractivity contribution in [3.63, 3.8) is 0 Å². The van der Waals surface area contributed by atoms with Crippen LogP contribution in [0.25, 0.3) is 0 Å².